The summed E-state index contributed by atoms with van der Waals surface area (Å²) in [6.07, 6.45) is 0. The molecule has 0 fully saturated rings. The van der Waals surface area contributed by atoms with E-state index in [1.54, 1.807) is 0 Å². The van der Waals surface area contributed by atoms with Crippen molar-refractivity contribution in [2.45, 2.75) is 40.7 Å². The predicted molar refractivity (Wildman–Crippen MR) is 81.4 cm³/mol. The predicted octanol–water partition coefficient (Wildman–Crippen LogP) is 3.46. The second kappa shape index (κ2) is 6.24. The van der Waals surface area contributed by atoms with Gasteiger partial charge in [0.05, 0.1) is 0 Å². The quantitative estimate of drug-likeness (QED) is 0.829. The highest BCUT2D eigenvalue weighted by Gasteiger charge is 2.20. The van der Waals surface area contributed by atoms with Crippen molar-refractivity contribution in [3.05, 3.63) is 29.8 Å². The second-order valence-corrected chi connectivity index (χ2v) is 6.39. The number of aryl methyl sites for hydroxylation is 1. The Morgan fingerprint density at radius 1 is 1.28 bits per heavy atom. The van der Waals surface area contributed by atoms with Crippen LogP contribution in [0, 0.1) is 12.3 Å². The summed E-state index contributed by atoms with van der Waals surface area (Å²) >= 11 is 0. The largest absolute Gasteiger partial charge is 0.374 e. The van der Waals surface area contributed by atoms with Crippen molar-refractivity contribution >= 4 is 5.69 Å². The Morgan fingerprint density at radius 3 is 2.50 bits per heavy atom. The highest BCUT2D eigenvalue weighted by Crippen LogP contribution is 2.21. The number of hydrogen-bond acceptors (Lipinski definition) is 2. The van der Waals surface area contributed by atoms with Crippen molar-refractivity contribution in [2.24, 2.45) is 5.41 Å². The van der Waals surface area contributed by atoms with Gasteiger partial charge >= 0.3 is 0 Å². The first-order valence-electron chi connectivity index (χ1n) is 6.81. The average molecular weight is 248 g/mol. The minimum absolute atomic E-state index is 0.267. The normalized spacial score (nSPS) is 11.9. The molecular formula is C16H28N2. The molecule has 0 unspecified atom stereocenters. The van der Waals surface area contributed by atoms with Crippen LogP contribution in [0.2, 0.25) is 0 Å². The van der Waals surface area contributed by atoms with Gasteiger partial charge in [-0.15, -0.1) is 0 Å². The second-order valence-electron chi connectivity index (χ2n) is 6.39. The molecule has 0 aliphatic rings. The topological polar surface area (TPSA) is 15.3 Å². The molecule has 18 heavy (non-hydrogen) atoms. The number of nitrogens with zero attached hydrogens (tertiary/aromatic N) is 1. The third-order valence-corrected chi connectivity index (χ3v) is 3.10. The Morgan fingerprint density at radius 2 is 1.94 bits per heavy atom. The van der Waals surface area contributed by atoms with Crippen LogP contribution in [-0.2, 0) is 0 Å². The fourth-order valence-corrected chi connectivity index (χ4v) is 2.14. The van der Waals surface area contributed by atoms with E-state index in [4.69, 9.17) is 0 Å². The lowest BCUT2D eigenvalue weighted by atomic mass is 9.92. The van der Waals surface area contributed by atoms with Gasteiger partial charge < -0.3 is 10.2 Å². The van der Waals surface area contributed by atoms with E-state index in [0.717, 1.165) is 13.1 Å². The molecule has 1 aromatic carbocycles. The minimum atomic E-state index is 0.267. The van der Waals surface area contributed by atoms with Crippen LogP contribution in [-0.4, -0.2) is 26.2 Å². The standard InChI is InChI=1S/C16H28N2/c1-13(2)17-11-16(4,5)12-18(6)15-9-7-8-14(3)10-15/h7-10,13,17H,11-12H2,1-6H3. The first-order valence-corrected chi connectivity index (χ1v) is 6.81. The summed E-state index contributed by atoms with van der Waals surface area (Å²) in [5.41, 5.74) is 2.88. The monoisotopic (exact) mass is 248 g/mol. The van der Waals surface area contributed by atoms with Crippen molar-refractivity contribution in [1.82, 2.24) is 5.32 Å². The van der Waals surface area contributed by atoms with E-state index < -0.39 is 0 Å². The van der Waals surface area contributed by atoms with Crippen LogP contribution in [0.5, 0.6) is 0 Å². The maximum Gasteiger partial charge on any atom is 0.0366 e. The van der Waals surface area contributed by atoms with Crippen LogP contribution in [0.15, 0.2) is 24.3 Å². The molecular weight excluding hydrogens is 220 g/mol. The molecule has 1 N–H and O–H groups in total. The molecule has 0 bridgehead atoms. The van der Waals surface area contributed by atoms with Gasteiger partial charge in [-0.25, -0.2) is 0 Å². The van der Waals surface area contributed by atoms with Gasteiger partial charge in [-0.2, -0.15) is 0 Å². The van der Waals surface area contributed by atoms with Gasteiger partial charge in [0, 0.05) is 31.9 Å². The smallest absolute Gasteiger partial charge is 0.0366 e. The Balaban J connectivity index is 2.60. The van der Waals surface area contributed by atoms with E-state index in [0.29, 0.717) is 6.04 Å². The highest BCUT2D eigenvalue weighted by atomic mass is 15.1. The van der Waals surface area contributed by atoms with Crippen LogP contribution in [0.4, 0.5) is 5.69 Å². The summed E-state index contributed by atoms with van der Waals surface area (Å²) in [5, 5.41) is 3.53. The molecule has 0 aliphatic carbocycles. The van der Waals surface area contributed by atoms with E-state index in [1.165, 1.54) is 11.3 Å². The summed E-state index contributed by atoms with van der Waals surface area (Å²) in [6.45, 7) is 13.3. The maximum absolute atomic E-state index is 3.53. The van der Waals surface area contributed by atoms with Crippen LogP contribution in [0.3, 0.4) is 0 Å². The maximum atomic E-state index is 3.53. The zero-order chi connectivity index (χ0) is 13.8. The van der Waals surface area contributed by atoms with Crippen molar-refractivity contribution in [3.8, 4) is 0 Å². The molecule has 0 radical (unpaired) electrons. The molecule has 0 saturated carbocycles. The first kappa shape index (κ1) is 15.0. The van der Waals surface area contributed by atoms with E-state index in [-0.39, 0.29) is 5.41 Å². The van der Waals surface area contributed by atoms with E-state index in [2.05, 4.69) is 76.1 Å². The zero-order valence-electron chi connectivity index (χ0n) is 12.7. The van der Waals surface area contributed by atoms with Crippen LogP contribution >= 0.6 is 0 Å². The van der Waals surface area contributed by atoms with Crippen LogP contribution in [0.1, 0.15) is 33.3 Å². The lowest BCUT2D eigenvalue weighted by molar-refractivity contribution is 0.333. The van der Waals surface area contributed by atoms with Gasteiger partial charge in [0.2, 0.25) is 0 Å². The van der Waals surface area contributed by atoms with Gasteiger partial charge in [-0.3, -0.25) is 0 Å². The highest BCUT2D eigenvalue weighted by molar-refractivity contribution is 5.47. The Kier molecular flexibility index (Phi) is 5.21. The van der Waals surface area contributed by atoms with Crippen molar-refractivity contribution in [3.63, 3.8) is 0 Å². The third kappa shape index (κ3) is 5.09. The van der Waals surface area contributed by atoms with E-state index in [9.17, 15) is 0 Å². The number of anilines is 1. The summed E-state index contributed by atoms with van der Waals surface area (Å²) in [4.78, 5) is 2.34. The van der Waals surface area contributed by atoms with Crippen molar-refractivity contribution in [2.75, 3.05) is 25.0 Å². The molecule has 1 rings (SSSR count). The van der Waals surface area contributed by atoms with E-state index in [1.807, 2.05) is 0 Å². The summed E-state index contributed by atoms with van der Waals surface area (Å²) < 4.78 is 0. The van der Waals surface area contributed by atoms with Gasteiger partial charge in [-0.1, -0.05) is 39.8 Å². The summed E-state index contributed by atoms with van der Waals surface area (Å²) in [6, 6.07) is 9.24. The molecule has 0 heterocycles. The molecule has 2 heteroatoms. The Labute approximate surface area is 112 Å². The molecule has 0 saturated heterocycles. The van der Waals surface area contributed by atoms with Gasteiger partial charge in [-0.05, 0) is 30.0 Å². The number of hydrogen-bond donors (Lipinski definition) is 1. The summed E-state index contributed by atoms with van der Waals surface area (Å²) in [5.74, 6) is 0. The average Bonchev–Trinajstić information content (AvgIpc) is 2.26. The molecule has 0 amide bonds. The molecule has 0 spiro atoms. The zero-order valence-corrected chi connectivity index (χ0v) is 12.7. The fraction of sp³-hybridized carbons (Fsp3) is 0.625. The number of rotatable bonds is 6. The molecule has 102 valence electrons. The number of benzene rings is 1. The third-order valence-electron chi connectivity index (χ3n) is 3.10. The lowest BCUT2D eigenvalue weighted by Gasteiger charge is -2.32. The van der Waals surface area contributed by atoms with Crippen molar-refractivity contribution in [1.29, 1.82) is 0 Å². The molecule has 0 aliphatic heterocycles. The van der Waals surface area contributed by atoms with E-state index >= 15 is 0 Å². The molecule has 0 atom stereocenters. The lowest BCUT2D eigenvalue weighted by Crippen LogP contribution is -2.41. The fourth-order valence-electron chi connectivity index (χ4n) is 2.14. The molecule has 1 aromatic rings. The molecule has 2 nitrogen and oxygen atoms in total. The minimum Gasteiger partial charge on any atom is -0.374 e. The van der Waals surface area contributed by atoms with Crippen LogP contribution < -0.4 is 10.2 Å². The van der Waals surface area contributed by atoms with Gasteiger partial charge in [0.15, 0.2) is 0 Å². The molecule has 0 aromatic heterocycles. The van der Waals surface area contributed by atoms with Gasteiger partial charge in [0.1, 0.15) is 0 Å². The van der Waals surface area contributed by atoms with Gasteiger partial charge in [0.25, 0.3) is 0 Å². The van der Waals surface area contributed by atoms with Crippen LogP contribution in [0.25, 0.3) is 0 Å². The first-order chi connectivity index (χ1) is 8.30. The Hall–Kier alpha value is -1.02. The Bertz CT molecular complexity index is 369. The van der Waals surface area contributed by atoms with Crippen molar-refractivity contribution < 1.29 is 0 Å². The number of nitrogens with one attached hydrogen (secondary N) is 1. The SMILES string of the molecule is Cc1cccc(N(C)CC(C)(C)CNC(C)C)c1. The summed E-state index contributed by atoms with van der Waals surface area (Å²) in [7, 11) is 2.17.